The molecule has 1 aromatic rings. The number of nitrogens with one attached hydrogen (secondary N) is 1. The zero-order valence-corrected chi connectivity index (χ0v) is 11.6. The fourth-order valence-corrected chi connectivity index (χ4v) is 2.33. The summed E-state index contributed by atoms with van der Waals surface area (Å²) in [6.45, 7) is 4.33. The molecule has 1 aliphatic heterocycles. The Kier molecular flexibility index (Phi) is 4.75. The molecule has 1 aliphatic rings. The molecule has 1 saturated heterocycles. The van der Waals surface area contributed by atoms with Crippen molar-refractivity contribution in [3.63, 3.8) is 0 Å². The molecule has 0 unspecified atom stereocenters. The van der Waals surface area contributed by atoms with Crippen LogP contribution < -0.4 is 20.9 Å². The molecule has 19 heavy (non-hydrogen) atoms. The third-order valence-electron chi connectivity index (χ3n) is 3.44. The predicted molar refractivity (Wildman–Crippen MR) is 75.3 cm³/mol. The Morgan fingerprint density at radius 3 is 2.79 bits per heavy atom. The normalized spacial score (nSPS) is 15.5. The van der Waals surface area contributed by atoms with Gasteiger partial charge in [-0.3, -0.25) is 0 Å². The number of ether oxygens (including phenoxy) is 1. The average Bonchev–Trinajstić information content (AvgIpc) is 2.97. The maximum absolute atomic E-state index is 5.42. The molecule has 7 nitrogen and oxygen atoms in total. The lowest BCUT2D eigenvalue weighted by Gasteiger charge is -2.24. The van der Waals surface area contributed by atoms with Gasteiger partial charge in [0.05, 0.1) is 7.11 Å². The number of nitrogens with two attached hydrogens (primary N) is 1. The molecule has 0 bridgehead atoms. The second-order valence-electron chi connectivity index (χ2n) is 4.69. The summed E-state index contributed by atoms with van der Waals surface area (Å²) in [7, 11) is 3.60. The highest BCUT2D eigenvalue weighted by Gasteiger charge is 2.17. The number of nitrogens with zero attached hydrogens (tertiary/aromatic N) is 4. The van der Waals surface area contributed by atoms with Crippen molar-refractivity contribution in [3.05, 3.63) is 6.33 Å². The van der Waals surface area contributed by atoms with Crippen molar-refractivity contribution in [2.75, 3.05) is 50.7 Å². The molecule has 1 fully saturated rings. The van der Waals surface area contributed by atoms with Crippen LogP contribution in [0.25, 0.3) is 0 Å². The molecule has 0 aliphatic carbocycles. The quantitative estimate of drug-likeness (QED) is 0.566. The largest absolute Gasteiger partial charge is 0.490 e. The highest BCUT2D eigenvalue weighted by atomic mass is 16.5. The van der Waals surface area contributed by atoms with E-state index in [0.717, 1.165) is 18.9 Å². The predicted octanol–water partition coefficient (Wildman–Crippen LogP) is 0.303. The van der Waals surface area contributed by atoms with E-state index in [1.54, 1.807) is 7.11 Å². The van der Waals surface area contributed by atoms with Crippen LogP contribution in [-0.2, 0) is 0 Å². The van der Waals surface area contributed by atoms with Crippen LogP contribution in [0.5, 0.6) is 5.75 Å². The van der Waals surface area contributed by atoms with Gasteiger partial charge in [0.15, 0.2) is 11.6 Å². The monoisotopic (exact) mass is 266 g/mol. The number of likely N-dealkylation sites (N-methyl/N-ethyl adjacent to an activating group) is 1. The highest BCUT2D eigenvalue weighted by Crippen LogP contribution is 2.30. The van der Waals surface area contributed by atoms with E-state index >= 15 is 0 Å². The standard InChI is InChI=1S/C12H22N6O/c1-17(7-8-18-5-3-4-6-18)12-10(19-2)11(16-13)14-9-15-12/h9H,3-8,13H2,1-2H3,(H,14,15,16). The summed E-state index contributed by atoms with van der Waals surface area (Å²) < 4.78 is 5.34. The van der Waals surface area contributed by atoms with E-state index in [4.69, 9.17) is 10.6 Å². The fraction of sp³-hybridized carbons (Fsp3) is 0.667. The van der Waals surface area contributed by atoms with Crippen molar-refractivity contribution in [1.29, 1.82) is 0 Å². The first-order valence-corrected chi connectivity index (χ1v) is 6.55. The van der Waals surface area contributed by atoms with Gasteiger partial charge in [0.2, 0.25) is 5.75 Å². The third-order valence-corrected chi connectivity index (χ3v) is 3.44. The maximum Gasteiger partial charge on any atom is 0.205 e. The lowest BCUT2D eigenvalue weighted by Crippen LogP contribution is -2.32. The third kappa shape index (κ3) is 3.24. The molecule has 1 aromatic heterocycles. The summed E-state index contributed by atoms with van der Waals surface area (Å²) in [5.74, 6) is 7.25. The summed E-state index contributed by atoms with van der Waals surface area (Å²) >= 11 is 0. The van der Waals surface area contributed by atoms with Crippen LogP contribution in [0.3, 0.4) is 0 Å². The van der Waals surface area contributed by atoms with Gasteiger partial charge in [-0.1, -0.05) is 0 Å². The smallest absolute Gasteiger partial charge is 0.205 e. The molecular formula is C12H22N6O. The van der Waals surface area contributed by atoms with Gasteiger partial charge in [-0.15, -0.1) is 0 Å². The molecule has 0 amide bonds. The summed E-state index contributed by atoms with van der Waals surface area (Å²) in [6.07, 6.45) is 4.10. The van der Waals surface area contributed by atoms with Crippen LogP contribution in [0, 0.1) is 0 Å². The Labute approximate surface area is 113 Å². The zero-order valence-electron chi connectivity index (χ0n) is 11.6. The van der Waals surface area contributed by atoms with E-state index in [1.165, 1.54) is 32.3 Å². The highest BCUT2D eigenvalue weighted by molar-refractivity contribution is 5.63. The topological polar surface area (TPSA) is 79.5 Å². The van der Waals surface area contributed by atoms with Crippen molar-refractivity contribution >= 4 is 11.6 Å². The minimum absolute atomic E-state index is 0.500. The van der Waals surface area contributed by atoms with Gasteiger partial charge in [0, 0.05) is 20.1 Å². The first-order chi connectivity index (χ1) is 9.26. The van der Waals surface area contributed by atoms with Crippen molar-refractivity contribution < 1.29 is 4.74 Å². The van der Waals surface area contributed by atoms with Crippen LogP contribution >= 0.6 is 0 Å². The zero-order chi connectivity index (χ0) is 13.7. The Hall–Kier alpha value is -1.60. The number of hydrogen-bond donors (Lipinski definition) is 2. The van der Waals surface area contributed by atoms with Crippen LogP contribution in [0.2, 0.25) is 0 Å². The van der Waals surface area contributed by atoms with Crippen molar-refractivity contribution in [2.45, 2.75) is 12.8 Å². The lowest BCUT2D eigenvalue weighted by molar-refractivity contribution is 0.345. The van der Waals surface area contributed by atoms with Crippen molar-refractivity contribution in [2.24, 2.45) is 5.84 Å². The number of likely N-dealkylation sites (tertiary alicyclic amines) is 1. The van der Waals surface area contributed by atoms with Gasteiger partial charge < -0.3 is 20.0 Å². The molecule has 2 heterocycles. The second kappa shape index (κ2) is 6.53. The molecule has 0 atom stereocenters. The molecule has 0 saturated carbocycles. The molecule has 106 valence electrons. The fourth-order valence-electron chi connectivity index (χ4n) is 2.33. The minimum atomic E-state index is 0.500. The number of nitrogen functional groups attached to an aromatic ring is 1. The van der Waals surface area contributed by atoms with E-state index in [0.29, 0.717) is 11.6 Å². The van der Waals surface area contributed by atoms with Crippen LogP contribution in [0.4, 0.5) is 11.6 Å². The summed E-state index contributed by atoms with van der Waals surface area (Å²) in [5, 5.41) is 0. The van der Waals surface area contributed by atoms with E-state index in [1.807, 2.05) is 7.05 Å². The summed E-state index contributed by atoms with van der Waals surface area (Å²) in [6, 6.07) is 0. The molecule has 0 aromatic carbocycles. The second-order valence-corrected chi connectivity index (χ2v) is 4.69. The number of hydrogen-bond acceptors (Lipinski definition) is 7. The SMILES string of the molecule is COc1c(NN)ncnc1N(C)CCN1CCCC1. The maximum atomic E-state index is 5.42. The van der Waals surface area contributed by atoms with E-state index in [2.05, 4.69) is 25.2 Å². The number of aromatic nitrogens is 2. The lowest BCUT2D eigenvalue weighted by atomic mass is 10.4. The Morgan fingerprint density at radius 2 is 2.16 bits per heavy atom. The average molecular weight is 266 g/mol. The first kappa shape index (κ1) is 13.8. The summed E-state index contributed by atoms with van der Waals surface area (Å²) in [5.41, 5.74) is 2.53. The Balaban J connectivity index is 2.02. The number of hydrazine groups is 1. The minimum Gasteiger partial charge on any atom is -0.490 e. The van der Waals surface area contributed by atoms with E-state index in [9.17, 15) is 0 Å². The van der Waals surface area contributed by atoms with Crippen molar-refractivity contribution in [1.82, 2.24) is 14.9 Å². The van der Waals surface area contributed by atoms with Gasteiger partial charge in [-0.05, 0) is 25.9 Å². The van der Waals surface area contributed by atoms with Gasteiger partial charge in [-0.2, -0.15) is 0 Å². The van der Waals surface area contributed by atoms with Crippen LogP contribution in [0.15, 0.2) is 6.33 Å². The number of anilines is 2. The van der Waals surface area contributed by atoms with Crippen LogP contribution in [0.1, 0.15) is 12.8 Å². The van der Waals surface area contributed by atoms with Gasteiger partial charge >= 0.3 is 0 Å². The van der Waals surface area contributed by atoms with Gasteiger partial charge in [-0.25, -0.2) is 15.8 Å². The molecule has 0 spiro atoms. The molecule has 0 radical (unpaired) electrons. The molecule has 2 rings (SSSR count). The van der Waals surface area contributed by atoms with Gasteiger partial charge in [0.1, 0.15) is 6.33 Å². The number of rotatable bonds is 6. The Morgan fingerprint density at radius 1 is 1.42 bits per heavy atom. The Bertz CT molecular complexity index is 407. The number of methoxy groups -OCH3 is 1. The first-order valence-electron chi connectivity index (χ1n) is 6.55. The van der Waals surface area contributed by atoms with Gasteiger partial charge in [0.25, 0.3) is 0 Å². The van der Waals surface area contributed by atoms with Crippen LogP contribution in [-0.4, -0.2) is 55.2 Å². The van der Waals surface area contributed by atoms with Crippen molar-refractivity contribution in [3.8, 4) is 5.75 Å². The van der Waals surface area contributed by atoms with E-state index in [-0.39, 0.29) is 0 Å². The molecule has 3 N–H and O–H groups in total. The van der Waals surface area contributed by atoms with E-state index < -0.39 is 0 Å². The molecular weight excluding hydrogens is 244 g/mol. The molecule has 7 heteroatoms. The summed E-state index contributed by atoms with van der Waals surface area (Å²) in [4.78, 5) is 12.9.